The van der Waals surface area contributed by atoms with Gasteiger partial charge < -0.3 is 9.72 Å². The van der Waals surface area contributed by atoms with E-state index in [1.54, 1.807) is 37.2 Å². The Labute approximate surface area is 150 Å². The lowest BCUT2D eigenvalue weighted by Gasteiger charge is -2.02. The predicted octanol–water partition coefficient (Wildman–Crippen LogP) is 4.69. The van der Waals surface area contributed by atoms with Crippen LogP contribution < -0.4 is 4.74 Å². The molecule has 25 heavy (non-hydrogen) atoms. The summed E-state index contributed by atoms with van der Waals surface area (Å²) in [6.07, 6.45) is 5.25. The number of nitrogens with one attached hydrogen (secondary N) is 1. The van der Waals surface area contributed by atoms with Gasteiger partial charge in [-0.3, -0.25) is 4.79 Å². The zero-order valence-corrected chi connectivity index (χ0v) is 14.7. The van der Waals surface area contributed by atoms with E-state index < -0.39 is 0 Å². The summed E-state index contributed by atoms with van der Waals surface area (Å²) in [7, 11) is 1.58. The van der Waals surface area contributed by atoms with Gasteiger partial charge in [-0.05, 0) is 48.2 Å². The molecule has 2 aromatic carbocycles. The minimum Gasteiger partial charge on any atom is -0.497 e. The molecule has 1 heterocycles. The summed E-state index contributed by atoms with van der Waals surface area (Å²) in [5.41, 5.74) is 2.20. The number of methoxy groups -OCH3 is 1. The van der Waals surface area contributed by atoms with Crippen LogP contribution in [-0.4, -0.2) is 24.1 Å². The van der Waals surface area contributed by atoms with E-state index in [0.29, 0.717) is 11.3 Å². The van der Waals surface area contributed by atoms with E-state index in [2.05, 4.69) is 4.98 Å². The third kappa shape index (κ3) is 3.44. The van der Waals surface area contributed by atoms with Crippen molar-refractivity contribution >= 4 is 34.5 Å². The number of thioether (sulfide) groups is 1. The second-order valence-electron chi connectivity index (χ2n) is 5.39. The summed E-state index contributed by atoms with van der Waals surface area (Å²) in [6.45, 7) is 0. The molecule has 0 unspecified atom stereocenters. The highest BCUT2D eigenvalue weighted by molar-refractivity contribution is 7.98. The van der Waals surface area contributed by atoms with Crippen molar-refractivity contribution in [2.24, 2.45) is 0 Å². The first-order valence-electron chi connectivity index (χ1n) is 7.62. The van der Waals surface area contributed by atoms with Crippen LogP contribution in [0.3, 0.4) is 0 Å². The highest BCUT2D eigenvalue weighted by Crippen LogP contribution is 2.26. The lowest BCUT2D eigenvalue weighted by atomic mass is 10.0. The quantitative estimate of drug-likeness (QED) is 0.314. The van der Waals surface area contributed by atoms with Gasteiger partial charge in [-0.25, -0.2) is 0 Å². The van der Waals surface area contributed by atoms with Gasteiger partial charge in [0, 0.05) is 27.6 Å². The maximum absolute atomic E-state index is 12.8. The molecule has 0 amide bonds. The zero-order valence-electron chi connectivity index (χ0n) is 13.9. The van der Waals surface area contributed by atoms with Crippen molar-refractivity contribution in [1.29, 1.82) is 5.26 Å². The van der Waals surface area contributed by atoms with E-state index in [1.165, 1.54) is 0 Å². The summed E-state index contributed by atoms with van der Waals surface area (Å²) in [5.74, 6) is 0.354. The van der Waals surface area contributed by atoms with Gasteiger partial charge in [0.2, 0.25) is 5.78 Å². The first kappa shape index (κ1) is 16.9. The highest BCUT2D eigenvalue weighted by atomic mass is 32.2. The molecular weight excluding hydrogens is 332 g/mol. The van der Waals surface area contributed by atoms with Crippen LogP contribution in [0.1, 0.15) is 15.9 Å². The SMILES string of the molecule is COc1ccc2[nH]cc(C(=O)/C(C#N)=C\c3ccc(SC)cc3)c2c1. The van der Waals surface area contributed by atoms with Crippen LogP contribution >= 0.6 is 11.8 Å². The van der Waals surface area contributed by atoms with Crippen molar-refractivity contribution in [3.8, 4) is 11.8 Å². The lowest BCUT2D eigenvalue weighted by Crippen LogP contribution is -2.01. The predicted molar refractivity (Wildman–Crippen MR) is 101 cm³/mol. The average molecular weight is 348 g/mol. The fraction of sp³-hybridized carbons (Fsp3) is 0.100. The Morgan fingerprint density at radius 1 is 1.24 bits per heavy atom. The largest absolute Gasteiger partial charge is 0.497 e. The van der Waals surface area contributed by atoms with Crippen LogP contribution in [0.15, 0.2) is 59.1 Å². The molecule has 0 saturated carbocycles. The number of Topliss-reactive ketones (excluding diaryl/α,β-unsaturated/α-hetero) is 1. The Hall–Kier alpha value is -2.97. The van der Waals surface area contributed by atoms with Crippen molar-refractivity contribution in [2.75, 3.05) is 13.4 Å². The van der Waals surface area contributed by atoms with Gasteiger partial charge in [-0.15, -0.1) is 11.8 Å². The molecule has 0 aliphatic heterocycles. The summed E-state index contributed by atoms with van der Waals surface area (Å²) in [5, 5.41) is 10.2. The number of rotatable bonds is 5. The van der Waals surface area contributed by atoms with Gasteiger partial charge in [0.15, 0.2) is 0 Å². The molecule has 0 fully saturated rings. The molecule has 0 spiro atoms. The smallest absolute Gasteiger partial charge is 0.205 e. The van der Waals surface area contributed by atoms with Crippen molar-refractivity contribution in [3.05, 3.63) is 65.4 Å². The topological polar surface area (TPSA) is 65.9 Å². The molecule has 124 valence electrons. The van der Waals surface area contributed by atoms with Gasteiger partial charge in [0.05, 0.1) is 7.11 Å². The van der Waals surface area contributed by atoms with Crippen molar-refractivity contribution in [1.82, 2.24) is 4.98 Å². The summed E-state index contributed by atoms with van der Waals surface area (Å²) in [4.78, 5) is 17.0. The Morgan fingerprint density at radius 2 is 2.00 bits per heavy atom. The van der Waals surface area contributed by atoms with Gasteiger partial charge in [-0.1, -0.05) is 12.1 Å². The van der Waals surface area contributed by atoms with Crippen molar-refractivity contribution in [2.45, 2.75) is 4.90 Å². The van der Waals surface area contributed by atoms with E-state index in [1.807, 2.05) is 48.7 Å². The number of ether oxygens (including phenoxy) is 1. The molecule has 0 saturated heterocycles. The van der Waals surface area contributed by atoms with Crippen LogP contribution in [0.4, 0.5) is 0 Å². The van der Waals surface area contributed by atoms with Crippen molar-refractivity contribution < 1.29 is 9.53 Å². The average Bonchev–Trinajstić information content (AvgIpc) is 3.09. The minimum atomic E-state index is -0.309. The maximum Gasteiger partial charge on any atom is 0.205 e. The molecule has 5 heteroatoms. The molecule has 0 atom stereocenters. The number of carbonyl (C=O) groups is 1. The number of H-pyrrole nitrogens is 1. The fourth-order valence-electron chi connectivity index (χ4n) is 2.58. The number of ketones is 1. The van der Waals surface area contributed by atoms with E-state index in [-0.39, 0.29) is 11.4 Å². The molecule has 3 aromatic rings. The third-order valence-electron chi connectivity index (χ3n) is 3.93. The van der Waals surface area contributed by atoms with Gasteiger partial charge in [-0.2, -0.15) is 5.26 Å². The molecular formula is C20H16N2O2S. The number of nitrogens with zero attached hydrogens (tertiary/aromatic N) is 1. The monoisotopic (exact) mass is 348 g/mol. The van der Waals surface area contributed by atoms with E-state index in [9.17, 15) is 10.1 Å². The standard InChI is InChI=1S/C20H16N2O2S/c1-24-15-5-8-19-17(10-15)18(12-22-19)20(23)14(11-21)9-13-3-6-16(25-2)7-4-13/h3-10,12,22H,1-2H3/b14-9-. The van der Waals surface area contributed by atoms with Gasteiger partial charge >= 0.3 is 0 Å². The number of nitriles is 1. The fourth-order valence-corrected chi connectivity index (χ4v) is 2.98. The molecule has 0 bridgehead atoms. The summed E-state index contributed by atoms with van der Waals surface area (Å²) >= 11 is 1.64. The third-order valence-corrected chi connectivity index (χ3v) is 4.67. The summed E-state index contributed by atoms with van der Waals surface area (Å²) < 4.78 is 5.22. The van der Waals surface area contributed by atoms with Crippen LogP contribution in [0, 0.1) is 11.3 Å². The van der Waals surface area contributed by atoms with E-state index >= 15 is 0 Å². The highest BCUT2D eigenvalue weighted by Gasteiger charge is 2.17. The molecule has 4 nitrogen and oxygen atoms in total. The van der Waals surface area contributed by atoms with Crippen LogP contribution in [0.2, 0.25) is 0 Å². The maximum atomic E-state index is 12.8. The minimum absolute atomic E-state index is 0.0978. The number of aromatic nitrogens is 1. The number of carbonyl (C=O) groups excluding carboxylic acids is 1. The Kier molecular flexibility index (Phi) is 4.92. The Bertz CT molecular complexity index is 995. The van der Waals surface area contributed by atoms with Gasteiger partial charge in [0.1, 0.15) is 17.4 Å². The number of hydrogen-bond acceptors (Lipinski definition) is 4. The number of fused-ring (bicyclic) bond motifs is 1. The van der Waals surface area contributed by atoms with Gasteiger partial charge in [0.25, 0.3) is 0 Å². The molecule has 1 N–H and O–H groups in total. The first-order valence-corrected chi connectivity index (χ1v) is 8.84. The summed E-state index contributed by atoms with van der Waals surface area (Å²) in [6, 6.07) is 15.2. The number of benzene rings is 2. The van der Waals surface area contributed by atoms with E-state index in [0.717, 1.165) is 21.4 Å². The second-order valence-corrected chi connectivity index (χ2v) is 6.27. The van der Waals surface area contributed by atoms with Crippen LogP contribution in [-0.2, 0) is 0 Å². The Balaban J connectivity index is 2.00. The van der Waals surface area contributed by atoms with Crippen LogP contribution in [0.25, 0.3) is 17.0 Å². The van der Waals surface area contributed by atoms with Crippen LogP contribution in [0.5, 0.6) is 5.75 Å². The lowest BCUT2D eigenvalue weighted by molar-refractivity contribution is 0.104. The van der Waals surface area contributed by atoms with Crippen molar-refractivity contribution in [3.63, 3.8) is 0 Å². The molecule has 0 aliphatic rings. The number of hydrogen-bond donors (Lipinski definition) is 1. The van der Waals surface area contributed by atoms with E-state index in [4.69, 9.17) is 4.74 Å². The molecule has 1 aromatic heterocycles. The molecule has 0 aliphatic carbocycles. The molecule has 0 radical (unpaired) electrons. The zero-order chi connectivity index (χ0) is 17.8. The second kappa shape index (κ2) is 7.29. The Morgan fingerprint density at radius 3 is 2.64 bits per heavy atom. The number of aromatic amines is 1. The number of allylic oxidation sites excluding steroid dienone is 1. The first-order chi connectivity index (χ1) is 12.2. The molecule has 3 rings (SSSR count). The normalized spacial score (nSPS) is 11.3.